The number of hydrogen-bond acceptors (Lipinski definition) is 4. The highest BCUT2D eigenvalue weighted by molar-refractivity contribution is 7.89. The van der Waals surface area contributed by atoms with Gasteiger partial charge in [-0.2, -0.15) is 0 Å². The van der Waals surface area contributed by atoms with Crippen molar-refractivity contribution in [3.63, 3.8) is 0 Å². The number of carbonyl (C=O) groups is 1. The largest absolute Gasteiger partial charge is 0.374 e. The van der Waals surface area contributed by atoms with Gasteiger partial charge in [-0.25, -0.2) is 13.6 Å². The third-order valence-electron chi connectivity index (χ3n) is 3.73. The number of rotatable bonds is 5. The van der Waals surface area contributed by atoms with E-state index in [1.54, 1.807) is 6.92 Å². The zero-order valence-electron chi connectivity index (χ0n) is 13.8. The van der Waals surface area contributed by atoms with Crippen LogP contribution in [0.1, 0.15) is 18.1 Å². The lowest BCUT2D eigenvalue weighted by Crippen LogP contribution is -2.31. The Hall–Kier alpha value is -2.38. The van der Waals surface area contributed by atoms with Gasteiger partial charge in [-0.05, 0) is 68.3 Å². The van der Waals surface area contributed by atoms with Gasteiger partial charge in [0.15, 0.2) is 0 Å². The molecule has 6 nitrogen and oxygen atoms in total. The van der Waals surface area contributed by atoms with E-state index in [2.05, 4.69) is 10.6 Å². The Bertz CT molecular complexity index is 846. The summed E-state index contributed by atoms with van der Waals surface area (Å²) in [4.78, 5) is 12.2. The minimum atomic E-state index is -3.74. The molecule has 0 fully saturated rings. The molecule has 7 heteroatoms. The molecule has 0 spiro atoms. The van der Waals surface area contributed by atoms with Crippen LogP contribution in [0.2, 0.25) is 0 Å². The number of carbonyl (C=O) groups excluding carboxylic acids is 1. The first-order valence-corrected chi connectivity index (χ1v) is 8.99. The molecule has 0 saturated carbocycles. The van der Waals surface area contributed by atoms with Crippen molar-refractivity contribution in [3.8, 4) is 0 Å². The second-order valence-electron chi connectivity index (χ2n) is 5.72. The minimum absolute atomic E-state index is 0.00167. The molecule has 0 aromatic heterocycles. The highest BCUT2D eigenvalue weighted by atomic mass is 32.2. The van der Waals surface area contributed by atoms with Gasteiger partial charge >= 0.3 is 0 Å². The smallest absolute Gasteiger partial charge is 0.246 e. The fourth-order valence-electron chi connectivity index (χ4n) is 2.13. The van der Waals surface area contributed by atoms with E-state index in [0.717, 1.165) is 11.3 Å². The SMILES string of the molecule is Cc1ccc(N[C@@H](C)C(=O)Nc2ccc(S(N)(=O)=O)cc2)cc1C. The summed E-state index contributed by atoms with van der Waals surface area (Å²) in [7, 11) is -3.74. The lowest BCUT2D eigenvalue weighted by Gasteiger charge is -2.16. The average molecular weight is 347 g/mol. The van der Waals surface area contributed by atoms with Gasteiger partial charge < -0.3 is 10.6 Å². The summed E-state index contributed by atoms with van der Waals surface area (Å²) in [5.41, 5.74) is 3.70. The monoisotopic (exact) mass is 347 g/mol. The Morgan fingerprint density at radius 2 is 1.58 bits per heavy atom. The quantitative estimate of drug-likeness (QED) is 0.773. The van der Waals surface area contributed by atoms with Gasteiger partial charge in [0.1, 0.15) is 6.04 Å². The molecule has 24 heavy (non-hydrogen) atoms. The minimum Gasteiger partial charge on any atom is -0.374 e. The molecule has 2 rings (SSSR count). The number of benzene rings is 2. The Morgan fingerprint density at radius 1 is 1.00 bits per heavy atom. The van der Waals surface area contributed by atoms with Crippen LogP contribution in [-0.4, -0.2) is 20.4 Å². The third-order valence-corrected chi connectivity index (χ3v) is 4.66. The maximum absolute atomic E-state index is 12.2. The van der Waals surface area contributed by atoms with Crippen molar-refractivity contribution >= 4 is 27.3 Å². The van der Waals surface area contributed by atoms with Crippen molar-refractivity contribution in [2.24, 2.45) is 5.14 Å². The molecule has 1 amide bonds. The fraction of sp³-hybridized carbons (Fsp3) is 0.235. The van der Waals surface area contributed by atoms with E-state index >= 15 is 0 Å². The molecule has 1 atom stereocenters. The van der Waals surface area contributed by atoms with Crippen LogP contribution in [0.5, 0.6) is 0 Å². The number of amides is 1. The lowest BCUT2D eigenvalue weighted by molar-refractivity contribution is -0.116. The molecule has 0 unspecified atom stereocenters. The highest BCUT2D eigenvalue weighted by Crippen LogP contribution is 2.16. The van der Waals surface area contributed by atoms with Crippen molar-refractivity contribution in [1.29, 1.82) is 0 Å². The van der Waals surface area contributed by atoms with Crippen LogP contribution in [0, 0.1) is 13.8 Å². The van der Waals surface area contributed by atoms with Crippen molar-refractivity contribution < 1.29 is 13.2 Å². The molecule has 0 aliphatic rings. The average Bonchev–Trinajstić information content (AvgIpc) is 2.50. The van der Waals surface area contributed by atoms with Crippen molar-refractivity contribution in [1.82, 2.24) is 0 Å². The molecular weight excluding hydrogens is 326 g/mol. The molecule has 0 saturated heterocycles. The first-order chi connectivity index (χ1) is 11.2. The van der Waals surface area contributed by atoms with Crippen molar-refractivity contribution in [3.05, 3.63) is 53.6 Å². The Morgan fingerprint density at radius 3 is 2.12 bits per heavy atom. The summed E-state index contributed by atoms with van der Waals surface area (Å²) in [6.07, 6.45) is 0. The van der Waals surface area contributed by atoms with Crippen LogP contribution in [0.15, 0.2) is 47.4 Å². The van der Waals surface area contributed by atoms with Gasteiger partial charge in [-0.15, -0.1) is 0 Å². The molecule has 0 aliphatic carbocycles. The molecule has 0 aliphatic heterocycles. The number of primary sulfonamides is 1. The predicted octanol–water partition coefficient (Wildman–Crippen LogP) is 2.39. The number of nitrogens with two attached hydrogens (primary N) is 1. The molecular formula is C17H21N3O3S. The summed E-state index contributed by atoms with van der Waals surface area (Å²) < 4.78 is 22.4. The van der Waals surface area contributed by atoms with Crippen LogP contribution in [0.4, 0.5) is 11.4 Å². The molecule has 128 valence electrons. The highest BCUT2D eigenvalue weighted by Gasteiger charge is 2.14. The predicted molar refractivity (Wildman–Crippen MR) is 95.4 cm³/mol. The van der Waals surface area contributed by atoms with E-state index in [9.17, 15) is 13.2 Å². The maximum Gasteiger partial charge on any atom is 0.246 e. The summed E-state index contributed by atoms with van der Waals surface area (Å²) in [5, 5.41) is 10.9. The number of sulfonamides is 1. The Balaban J connectivity index is 2.02. The van der Waals surface area contributed by atoms with E-state index in [-0.39, 0.29) is 10.8 Å². The molecule has 0 radical (unpaired) electrons. The van der Waals surface area contributed by atoms with Gasteiger partial charge in [0.05, 0.1) is 4.90 Å². The van der Waals surface area contributed by atoms with E-state index in [0.29, 0.717) is 5.69 Å². The third kappa shape index (κ3) is 4.56. The molecule has 2 aromatic carbocycles. The summed E-state index contributed by atoms with van der Waals surface area (Å²) >= 11 is 0. The topological polar surface area (TPSA) is 101 Å². The van der Waals surface area contributed by atoms with E-state index in [4.69, 9.17) is 5.14 Å². The number of aryl methyl sites for hydroxylation is 2. The summed E-state index contributed by atoms with van der Waals surface area (Å²) in [6, 6.07) is 11.2. The first kappa shape index (κ1) is 18.0. The van der Waals surface area contributed by atoms with Crippen LogP contribution in [0.25, 0.3) is 0 Å². The lowest BCUT2D eigenvalue weighted by atomic mass is 10.1. The Labute approximate surface area is 142 Å². The number of nitrogens with one attached hydrogen (secondary N) is 2. The summed E-state index contributed by atoms with van der Waals surface area (Å²) in [5.74, 6) is -0.225. The summed E-state index contributed by atoms with van der Waals surface area (Å²) in [6.45, 7) is 5.79. The zero-order valence-corrected chi connectivity index (χ0v) is 14.6. The fourth-order valence-corrected chi connectivity index (χ4v) is 2.64. The second kappa shape index (κ2) is 7.02. The number of hydrogen-bond donors (Lipinski definition) is 3. The standard InChI is InChI=1S/C17H21N3O3S/c1-11-4-5-15(10-12(11)2)19-13(3)17(21)20-14-6-8-16(9-7-14)24(18,22)23/h4-10,13,19H,1-3H3,(H,20,21)(H2,18,22,23)/t13-/m0/s1. The Kier molecular flexibility index (Phi) is 5.26. The van der Waals surface area contributed by atoms with Crippen LogP contribution >= 0.6 is 0 Å². The molecule has 2 aromatic rings. The normalized spacial score (nSPS) is 12.5. The van der Waals surface area contributed by atoms with Crippen LogP contribution in [-0.2, 0) is 14.8 Å². The zero-order chi connectivity index (χ0) is 17.9. The maximum atomic E-state index is 12.2. The van der Waals surface area contributed by atoms with Crippen molar-refractivity contribution in [2.75, 3.05) is 10.6 Å². The van der Waals surface area contributed by atoms with E-state index < -0.39 is 16.1 Å². The van der Waals surface area contributed by atoms with E-state index in [1.165, 1.54) is 29.8 Å². The first-order valence-electron chi connectivity index (χ1n) is 7.44. The number of anilines is 2. The second-order valence-corrected chi connectivity index (χ2v) is 7.29. The van der Waals surface area contributed by atoms with Crippen LogP contribution < -0.4 is 15.8 Å². The van der Waals surface area contributed by atoms with Gasteiger partial charge in [0.25, 0.3) is 0 Å². The van der Waals surface area contributed by atoms with Crippen molar-refractivity contribution in [2.45, 2.75) is 31.7 Å². The molecule has 0 bridgehead atoms. The van der Waals surface area contributed by atoms with Gasteiger partial charge in [0.2, 0.25) is 15.9 Å². The van der Waals surface area contributed by atoms with Gasteiger partial charge in [-0.3, -0.25) is 4.79 Å². The van der Waals surface area contributed by atoms with E-state index in [1.807, 2.05) is 32.0 Å². The molecule has 0 heterocycles. The molecule has 4 N–H and O–H groups in total. The van der Waals surface area contributed by atoms with Gasteiger partial charge in [0, 0.05) is 11.4 Å². The van der Waals surface area contributed by atoms with Gasteiger partial charge in [-0.1, -0.05) is 6.07 Å². The van der Waals surface area contributed by atoms with Crippen LogP contribution in [0.3, 0.4) is 0 Å².